The maximum atomic E-state index is 12.1. The highest BCUT2D eigenvalue weighted by Gasteiger charge is 2.10. The van der Waals surface area contributed by atoms with Crippen molar-refractivity contribution >= 4 is 45.5 Å². The van der Waals surface area contributed by atoms with E-state index >= 15 is 0 Å². The Kier molecular flexibility index (Phi) is 7.22. The van der Waals surface area contributed by atoms with Crippen LogP contribution in [0.5, 0.6) is 5.75 Å². The Balaban J connectivity index is 1.31. The van der Waals surface area contributed by atoms with Crippen LogP contribution in [0.1, 0.15) is 32.3 Å². The van der Waals surface area contributed by atoms with Crippen LogP contribution in [0, 0.1) is 0 Å². The zero-order chi connectivity index (χ0) is 23.9. The van der Waals surface area contributed by atoms with Crippen molar-refractivity contribution in [2.75, 3.05) is 11.9 Å². The first-order valence-corrected chi connectivity index (χ1v) is 11.4. The van der Waals surface area contributed by atoms with E-state index in [9.17, 15) is 9.59 Å². The molecule has 4 rings (SSSR count). The van der Waals surface area contributed by atoms with Gasteiger partial charge in [0.05, 0.1) is 12.8 Å². The van der Waals surface area contributed by atoms with E-state index in [1.54, 1.807) is 30.5 Å². The third-order valence-corrected chi connectivity index (χ3v) is 5.54. The number of rotatable bonds is 9. The van der Waals surface area contributed by atoms with Crippen molar-refractivity contribution in [3.05, 3.63) is 72.3 Å². The zero-order valence-electron chi connectivity index (χ0n) is 19.4. The number of carbonyl (C=O) groups is 2. The maximum Gasteiger partial charge on any atom is 0.240 e. The quantitative estimate of drug-likeness (QED) is 0.272. The number of hydrazone groups is 1. The van der Waals surface area contributed by atoms with Crippen LogP contribution < -0.4 is 15.5 Å². The van der Waals surface area contributed by atoms with Crippen LogP contribution in [0.25, 0.3) is 21.8 Å². The molecule has 7 nitrogen and oxygen atoms in total. The molecule has 3 aromatic carbocycles. The second-order valence-electron chi connectivity index (χ2n) is 7.84. The van der Waals surface area contributed by atoms with Gasteiger partial charge in [-0.15, -0.1) is 0 Å². The molecule has 0 saturated carbocycles. The van der Waals surface area contributed by atoms with Crippen molar-refractivity contribution < 1.29 is 14.3 Å². The van der Waals surface area contributed by atoms with Gasteiger partial charge in [-0.05, 0) is 61.9 Å². The molecule has 0 saturated heterocycles. The number of benzene rings is 3. The van der Waals surface area contributed by atoms with Crippen molar-refractivity contribution in [1.29, 1.82) is 0 Å². The standard InChI is InChI=1S/C27H28N4O3/c1-3-31-24-8-6-5-7-22(24)23-17-19(9-14-25(23)31)18-28-30-27(33)16-15-26(32)29-20-10-12-21(13-11-20)34-4-2/h5-14,17-18H,3-4,15-16H2,1-2H3,(H,29,32)(H,30,33)/b28-18+. The highest BCUT2D eigenvalue weighted by molar-refractivity contribution is 6.09. The summed E-state index contributed by atoms with van der Waals surface area (Å²) in [5.74, 6) is 0.191. The monoisotopic (exact) mass is 456 g/mol. The fraction of sp³-hybridized carbons (Fsp3) is 0.222. The van der Waals surface area contributed by atoms with Gasteiger partial charge in [-0.25, -0.2) is 5.43 Å². The topological polar surface area (TPSA) is 84.7 Å². The summed E-state index contributed by atoms with van der Waals surface area (Å²) in [4.78, 5) is 24.2. The number of carbonyl (C=O) groups excluding carboxylic acids is 2. The van der Waals surface area contributed by atoms with Crippen LogP contribution in [0.3, 0.4) is 0 Å². The summed E-state index contributed by atoms with van der Waals surface area (Å²) < 4.78 is 7.66. The number of aromatic nitrogens is 1. The number of hydrogen-bond donors (Lipinski definition) is 2. The third-order valence-electron chi connectivity index (χ3n) is 5.54. The van der Waals surface area contributed by atoms with Crippen LogP contribution in [0.15, 0.2) is 71.8 Å². The lowest BCUT2D eigenvalue weighted by atomic mass is 10.1. The third kappa shape index (κ3) is 5.26. The van der Waals surface area contributed by atoms with E-state index in [1.165, 1.54) is 16.4 Å². The number of aryl methyl sites for hydroxylation is 1. The molecule has 2 N–H and O–H groups in total. The first-order valence-electron chi connectivity index (χ1n) is 11.4. The molecule has 0 aliphatic heterocycles. The molecule has 0 radical (unpaired) electrons. The van der Waals surface area contributed by atoms with Crippen LogP contribution in [-0.4, -0.2) is 29.2 Å². The molecule has 0 atom stereocenters. The van der Waals surface area contributed by atoms with Gasteiger partial charge < -0.3 is 14.6 Å². The summed E-state index contributed by atoms with van der Waals surface area (Å²) in [6, 6.07) is 21.6. The SMILES string of the molecule is CCOc1ccc(NC(=O)CCC(=O)N/N=C/c2ccc3c(c2)c2ccccc2n3CC)cc1. The molecular weight excluding hydrogens is 428 g/mol. The van der Waals surface area contributed by atoms with Gasteiger partial charge in [0.1, 0.15) is 5.75 Å². The van der Waals surface area contributed by atoms with E-state index in [0.29, 0.717) is 12.3 Å². The summed E-state index contributed by atoms with van der Waals surface area (Å²) in [5, 5.41) is 9.18. The molecule has 1 aromatic heterocycles. The smallest absolute Gasteiger partial charge is 0.240 e. The molecule has 0 aliphatic carbocycles. The van der Waals surface area contributed by atoms with E-state index in [2.05, 4.69) is 51.6 Å². The van der Waals surface area contributed by atoms with E-state index in [-0.39, 0.29) is 24.7 Å². The molecule has 4 aromatic rings. The number of hydrogen-bond acceptors (Lipinski definition) is 4. The Labute approximate surface area is 198 Å². The van der Waals surface area contributed by atoms with E-state index in [0.717, 1.165) is 23.2 Å². The molecule has 0 aliphatic rings. The summed E-state index contributed by atoms with van der Waals surface area (Å²) in [6.07, 6.45) is 1.73. The molecule has 0 spiro atoms. The van der Waals surface area contributed by atoms with E-state index < -0.39 is 0 Å². The van der Waals surface area contributed by atoms with Crippen LogP contribution in [-0.2, 0) is 16.1 Å². The Morgan fingerprint density at radius 1 is 0.912 bits per heavy atom. The predicted octanol–water partition coefficient (Wildman–Crippen LogP) is 5.08. The largest absolute Gasteiger partial charge is 0.494 e. The lowest BCUT2D eigenvalue weighted by Crippen LogP contribution is -2.20. The minimum absolute atomic E-state index is 0.0449. The number of fused-ring (bicyclic) bond motifs is 3. The first kappa shape index (κ1) is 23.0. The first-order chi connectivity index (χ1) is 16.6. The van der Waals surface area contributed by atoms with Gasteiger partial charge >= 0.3 is 0 Å². The van der Waals surface area contributed by atoms with E-state index in [4.69, 9.17) is 4.74 Å². The molecule has 34 heavy (non-hydrogen) atoms. The summed E-state index contributed by atoms with van der Waals surface area (Å²) in [7, 11) is 0. The van der Waals surface area contributed by atoms with Gasteiger partial charge in [-0.2, -0.15) is 5.10 Å². The zero-order valence-corrected chi connectivity index (χ0v) is 19.4. The van der Waals surface area contributed by atoms with E-state index in [1.807, 2.05) is 25.1 Å². The van der Waals surface area contributed by atoms with Crippen LogP contribution in [0.2, 0.25) is 0 Å². The average molecular weight is 457 g/mol. The molecule has 0 fully saturated rings. The van der Waals surface area contributed by atoms with Gasteiger partial charge in [0.2, 0.25) is 11.8 Å². The fourth-order valence-corrected chi connectivity index (χ4v) is 3.98. The maximum absolute atomic E-state index is 12.1. The lowest BCUT2D eigenvalue weighted by Gasteiger charge is -2.07. The molecule has 1 heterocycles. The van der Waals surface area contributed by atoms with Gasteiger partial charge in [0.15, 0.2) is 0 Å². The Morgan fingerprint density at radius 3 is 2.41 bits per heavy atom. The normalized spacial score (nSPS) is 11.2. The minimum atomic E-state index is -0.318. The Hall–Kier alpha value is -4.13. The number of nitrogens with zero attached hydrogens (tertiary/aromatic N) is 2. The number of amides is 2. The number of anilines is 1. The summed E-state index contributed by atoms with van der Waals surface area (Å²) >= 11 is 0. The number of ether oxygens (including phenoxy) is 1. The fourth-order valence-electron chi connectivity index (χ4n) is 3.98. The van der Waals surface area contributed by atoms with Crippen molar-refractivity contribution in [1.82, 2.24) is 9.99 Å². The Morgan fingerprint density at radius 2 is 1.65 bits per heavy atom. The average Bonchev–Trinajstić information content (AvgIpc) is 3.17. The van der Waals surface area contributed by atoms with Crippen LogP contribution in [0.4, 0.5) is 5.69 Å². The summed E-state index contributed by atoms with van der Waals surface area (Å²) in [6.45, 7) is 5.52. The summed E-state index contributed by atoms with van der Waals surface area (Å²) in [5.41, 5.74) is 6.42. The van der Waals surface area contributed by atoms with Gasteiger partial charge in [-0.3, -0.25) is 9.59 Å². The van der Waals surface area contributed by atoms with Crippen LogP contribution >= 0.6 is 0 Å². The predicted molar refractivity (Wildman–Crippen MR) is 136 cm³/mol. The van der Waals surface area contributed by atoms with Crippen molar-refractivity contribution in [2.24, 2.45) is 5.10 Å². The Bertz CT molecular complexity index is 1340. The van der Waals surface area contributed by atoms with Gasteiger partial charge in [0.25, 0.3) is 0 Å². The molecular formula is C27H28N4O3. The molecule has 0 bridgehead atoms. The lowest BCUT2D eigenvalue weighted by molar-refractivity contribution is -0.124. The number of para-hydroxylation sites is 1. The molecule has 0 unspecified atom stereocenters. The van der Waals surface area contributed by atoms with Crippen molar-refractivity contribution in [2.45, 2.75) is 33.2 Å². The van der Waals surface area contributed by atoms with Crippen molar-refractivity contribution in [3.8, 4) is 5.75 Å². The van der Waals surface area contributed by atoms with Crippen molar-refractivity contribution in [3.63, 3.8) is 0 Å². The molecule has 7 heteroatoms. The highest BCUT2D eigenvalue weighted by atomic mass is 16.5. The minimum Gasteiger partial charge on any atom is -0.494 e. The second-order valence-corrected chi connectivity index (χ2v) is 7.84. The second kappa shape index (κ2) is 10.7. The van der Waals surface area contributed by atoms with Gasteiger partial charge in [0, 0.05) is 46.9 Å². The molecule has 2 amide bonds. The molecule has 174 valence electrons. The number of nitrogens with one attached hydrogen (secondary N) is 2. The highest BCUT2D eigenvalue weighted by Crippen LogP contribution is 2.29. The van der Waals surface area contributed by atoms with Gasteiger partial charge in [-0.1, -0.05) is 24.3 Å².